The van der Waals surface area contributed by atoms with Crippen molar-refractivity contribution in [3.63, 3.8) is 0 Å². The van der Waals surface area contributed by atoms with Gasteiger partial charge in [-0.15, -0.1) is 0 Å². The molecule has 1 aromatic rings. The number of carbonyl (C=O) groups is 2. The minimum absolute atomic E-state index is 0.0375. The van der Waals surface area contributed by atoms with Gasteiger partial charge in [0.15, 0.2) is 0 Å². The molecule has 2 saturated heterocycles. The van der Waals surface area contributed by atoms with Crippen LogP contribution in [-0.2, 0) is 4.79 Å². The van der Waals surface area contributed by atoms with E-state index in [-0.39, 0.29) is 17.7 Å². The first-order valence-corrected chi connectivity index (χ1v) is 9.96. The maximum Gasteiger partial charge on any atom is 0.253 e. The van der Waals surface area contributed by atoms with Crippen molar-refractivity contribution in [1.82, 2.24) is 15.1 Å². The van der Waals surface area contributed by atoms with Crippen molar-refractivity contribution < 1.29 is 9.59 Å². The van der Waals surface area contributed by atoms with Crippen LogP contribution in [0, 0.1) is 12.8 Å². The van der Waals surface area contributed by atoms with E-state index in [1.165, 1.54) is 6.42 Å². The maximum atomic E-state index is 12.7. The molecule has 0 aliphatic carbocycles. The SMILES string of the molecule is CCN1CCCC1CNC(=O)C1CCCN(C(=O)c2ccc(C)cc2)C1. The second kappa shape index (κ2) is 8.67. The number of carbonyl (C=O) groups excluding carboxylic acids is 2. The number of likely N-dealkylation sites (tertiary alicyclic amines) is 2. The van der Waals surface area contributed by atoms with Crippen LogP contribution in [0.25, 0.3) is 0 Å². The molecule has 2 aliphatic rings. The molecule has 2 atom stereocenters. The zero-order valence-electron chi connectivity index (χ0n) is 16.0. The molecule has 2 aliphatic heterocycles. The van der Waals surface area contributed by atoms with Gasteiger partial charge in [-0.25, -0.2) is 0 Å². The summed E-state index contributed by atoms with van der Waals surface area (Å²) < 4.78 is 0. The van der Waals surface area contributed by atoms with Gasteiger partial charge in [-0.1, -0.05) is 24.6 Å². The summed E-state index contributed by atoms with van der Waals surface area (Å²) in [6.45, 7) is 8.37. The normalized spacial score (nSPS) is 23.8. The highest BCUT2D eigenvalue weighted by molar-refractivity contribution is 5.94. The number of hydrogen-bond acceptors (Lipinski definition) is 3. The first kappa shape index (κ1) is 18.9. The molecular weight excluding hydrogens is 326 g/mol. The van der Waals surface area contributed by atoms with Crippen molar-refractivity contribution in [3.05, 3.63) is 35.4 Å². The Morgan fingerprint density at radius 3 is 2.58 bits per heavy atom. The molecule has 1 aromatic carbocycles. The molecule has 0 spiro atoms. The topological polar surface area (TPSA) is 52.7 Å². The standard InChI is InChI=1S/C21H31N3O2/c1-3-23-12-5-7-19(23)14-22-20(25)18-6-4-13-24(15-18)21(26)17-10-8-16(2)9-11-17/h8-11,18-19H,3-7,12-15H2,1-2H3,(H,22,25). The highest BCUT2D eigenvalue weighted by atomic mass is 16.2. The summed E-state index contributed by atoms with van der Waals surface area (Å²) >= 11 is 0. The Bertz CT molecular complexity index is 629. The number of nitrogens with zero attached hydrogens (tertiary/aromatic N) is 2. The van der Waals surface area contributed by atoms with E-state index >= 15 is 0 Å². The molecule has 26 heavy (non-hydrogen) atoms. The Kier molecular flexibility index (Phi) is 6.30. The molecule has 0 saturated carbocycles. The lowest BCUT2D eigenvalue weighted by Gasteiger charge is -2.32. The molecule has 2 fully saturated rings. The molecule has 0 aromatic heterocycles. The average Bonchev–Trinajstić information content (AvgIpc) is 3.14. The number of rotatable bonds is 5. The number of aryl methyl sites for hydroxylation is 1. The zero-order valence-corrected chi connectivity index (χ0v) is 16.0. The van der Waals surface area contributed by atoms with Crippen LogP contribution in [0.3, 0.4) is 0 Å². The van der Waals surface area contributed by atoms with Crippen LogP contribution in [0.1, 0.15) is 48.5 Å². The molecule has 5 nitrogen and oxygen atoms in total. The van der Waals surface area contributed by atoms with Gasteiger partial charge in [0, 0.05) is 31.2 Å². The third-order valence-electron chi connectivity index (χ3n) is 5.80. The van der Waals surface area contributed by atoms with E-state index in [2.05, 4.69) is 17.1 Å². The lowest BCUT2D eigenvalue weighted by Crippen LogP contribution is -2.47. The summed E-state index contributed by atoms with van der Waals surface area (Å²) in [7, 11) is 0. The molecule has 2 amide bonds. The fourth-order valence-corrected chi connectivity index (χ4v) is 4.16. The van der Waals surface area contributed by atoms with Crippen molar-refractivity contribution in [1.29, 1.82) is 0 Å². The maximum absolute atomic E-state index is 12.7. The Balaban J connectivity index is 1.53. The molecule has 142 valence electrons. The monoisotopic (exact) mass is 357 g/mol. The number of piperidine rings is 1. The smallest absolute Gasteiger partial charge is 0.253 e. The molecule has 0 radical (unpaired) electrons. The average molecular weight is 357 g/mol. The van der Waals surface area contributed by atoms with E-state index in [0.29, 0.717) is 18.2 Å². The highest BCUT2D eigenvalue weighted by Crippen LogP contribution is 2.20. The third kappa shape index (κ3) is 4.44. The van der Waals surface area contributed by atoms with Gasteiger partial charge in [0.2, 0.25) is 5.91 Å². The largest absolute Gasteiger partial charge is 0.354 e. The van der Waals surface area contributed by atoms with Crippen LogP contribution in [0.4, 0.5) is 0 Å². The molecule has 5 heteroatoms. The van der Waals surface area contributed by atoms with Crippen molar-refractivity contribution in [2.45, 2.75) is 45.6 Å². The van der Waals surface area contributed by atoms with Crippen LogP contribution in [-0.4, -0.2) is 60.4 Å². The molecule has 3 rings (SSSR count). The van der Waals surface area contributed by atoms with E-state index in [1.54, 1.807) is 0 Å². The van der Waals surface area contributed by atoms with Gasteiger partial charge in [-0.3, -0.25) is 14.5 Å². The minimum atomic E-state index is -0.0883. The number of benzene rings is 1. The summed E-state index contributed by atoms with van der Waals surface area (Å²) in [4.78, 5) is 29.6. The van der Waals surface area contributed by atoms with E-state index in [4.69, 9.17) is 0 Å². The van der Waals surface area contributed by atoms with Crippen molar-refractivity contribution >= 4 is 11.8 Å². The van der Waals surface area contributed by atoms with Gasteiger partial charge >= 0.3 is 0 Å². The Labute approximate surface area is 156 Å². The summed E-state index contributed by atoms with van der Waals surface area (Å²) in [5, 5.41) is 3.15. The minimum Gasteiger partial charge on any atom is -0.354 e. The fraction of sp³-hybridized carbons (Fsp3) is 0.619. The third-order valence-corrected chi connectivity index (χ3v) is 5.80. The second-order valence-electron chi connectivity index (χ2n) is 7.63. The molecule has 2 unspecified atom stereocenters. The predicted molar refractivity (Wildman–Crippen MR) is 103 cm³/mol. The van der Waals surface area contributed by atoms with Gasteiger partial charge in [0.05, 0.1) is 5.92 Å². The van der Waals surface area contributed by atoms with Crippen molar-refractivity contribution in [2.24, 2.45) is 5.92 Å². The molecule has 1 N–H and O–H groups in total. The lowest BCUT2D eigenvalue weighted by atomic mass is 9.96. The van der Waals surface area contributed by atoms with Gasteiger partial charge in [0.25, 0.3) is 5.91 Å². The number of amides is 2. The highest BCUT2D eigenvalue weighted by Gasteiger charge is 2.30. The van der Waals surface area contributed by atoms with Crippen LogP contribution in [0.2, 0.25) is 0 Å². The Morgan fingerprint density at radius 2 is 1.85 bits per heavy atom. The van der Waals surface area contributed by atoms with Crippen LogP contribution >= 0.6 is 0 Å². The lowest BCUT2D eigenvalue weighted by molar-refractivity contribution is -0.126. The molecular formula is C21H31N3O2. The van der Waals surface area contributed by atoms with Gasteiger partial charge in [0.1, 0.15) is 0 Å². The van der Waals surface area contributed by atoms with Gasteiger partial charge in [-0.2, -0.15) is 0 Å². The number of hydrogen-bond donors (Lipinski definition) is 1. The van der Waals surface area contributed by atoms with E-state index < -0.39 is 0 Å². The first-order valence-electron chi connectivity index (χ1n) is 9.96. The summed E-state index contributed by atoms with van der Waals surface area (Å²) in [5.74, 6) is 0.0550. The van der Waals surface area contributed by atoms with Gasteiger partial charge < -0.3 is 10.2 Å². The predicted octanol–water partition coefficient (Wildman–Crippen LogP) is 2.45. The van der Waals surface area contributed by atoms with E-state index in [1.807, 2.05) is 36.1 Å². The fourth-order valence-electron chi connectivity index (χ4n) is 4.16. The molecule has 0 bridgehead atoms. The van der Waals surface area contributed by atoms with Crippen LogP contribution in [0.5, 0.6) is 0 Å². The number of nitrogens with one attached hydrogen (secondary N) is 1. The first-order chi connectivity index (χ1) is 12.6. The second-order valence-corrected chi connectivity index (χ2v) is 7.63. The molecule has 2 heterocycles. The van der Waals surface area contributed by atoms with Crippen molar-refractivity contribution in [3.8, 4) is 0 Å². The summed E-state index contributed by atoms with van der Waals surface area (Å²) in [6, 6.07) is 8.14. The van der Waals surface area contributed by atoms with E-state index in [0.717, 1.165) is 51.0 Å². The quantitative estimate of drug-likeness (QED) is 0.881. The van der Waals surface area contributed by atoms with E-state index in [9.17, 15) is 9.59 Å². The van der Waals surface area contributed by atoms with Crippen molar-refractivity contribution in [2.75, 3.05) is 32.7 Å². The summed E-state index contributed by atoms with van der Waals surface area (Å²) in [5.41, 5.74) is 1.85. The van der Waals surface area contributed by atoms with Crippen LogP contribution in [0.15, 0.2) is 24.3 Å². The number of likely N-dealkylation sites (N-methyl/N-ethyl adjacent to an activating group) is 1. The van der Waals surface area contributed by atoms with Crippen LogP contribution < -0.4 is 5.32 Å². The van der Waals surface area contributed by atoms with Gasteiger partial charge in [-0.05, 0) is 57.8 Å². The Hall–Kier alpha value is -1.88. The Morgan fingerprint density at radius 1 is 1.12 bits per heavy atom. The zero-order chi connectivity index (χ0) is 18.5. The summed E-state index contributed by atoms with van der Waals surface area (Å²) in [6.07, 6.45) is 4.14.